The molecule has 1 aromatic carbocycles. The van der Waals surface area contributed by atoms with Crippen molar-refractivity contribution in [3.8, 4) is 0 Å². The van der Waals surface area contributed by atoms with Gasteiger partial charge in [0.25, 0.3) is 5.91 Å². The minimum atomic E-state index is -1.09. The number of benzene rings is 1. The summed E-state index contributed by atoms with van der Waals surface area (Å²) >= 11 is 0. The van der Waals surface area contributed by atoms with Crippen LogP contribution in [0.25, 0.3) is 0 Å². The third-order valence-electron chi connectivity index (χ3n) is 3.68. The van der Waals surface area contributed by atoms with E-state index in [0.717, 1.165) is 19.4 Å². The molecule has 2 unspecified atom stereocenters. The molecule has 108 valence electrons. The van der Waals surface area contributed by atoms with Gasteiger partial charge in [0.05, 0.1) is 17.2 Å². The van der Waals surface area contributed by atoms with E-state index in [2.05, 4.69) is 12.2 Å². The molecule has 1 amide bonds. The Labute approximate surface area is 117 Å². The molecular weight excluding hydrogens is 258 g/mol. The lowest BCUT2D eigenvalue weighted by molar-refractivity contribution is 0.0689. The third kappa shape index (κ3) is 3.17. The topological polar surface area (TPSA) is 75.6 Å². The average molecular weight is 277 g/mol. The molecular formula is C15H19NO4. The minimum absolute atomic E-state index is 0.0275. The van der Waals surface area contributed by atoms with Crippen molar-refractivity contribution < 1.29 is 19.4 Å². The van der Waals surface area contributed by atoms with Crippen molar-refractivity contribution in [2.24, 2.45) is 5.92 Å². The highest BCUT2D eigenvalue weighted by molar-refractivity contribution is 6.04. The maximum atomic E-state index is 12.1. The van der Waals surface area contributed by atoms with E-state index in [0.29, 0.717) is 12.5 Å². The molecule has 5 nitrogen and oxygen atoms in total. The Kier molecular flexibility index (Phi) is 4.74. The zero-order valence-electron chi connectivity index (χ0n) is 11.5. The Morgan fingerprint density at radius 1 is 1.35 bits per heavy atom. The van der Waals surface area contributed by atoms with Gasteiger partial charge in [0.2, 0.25) is 0 Å². The lowest BCUT2D eigenvalue weighted by Gasteiger charge is -2.17. The number of amides is 1. The van der Waals surface area contributed by atoms with E-state index in [1.807, 2.05) is 0 Å². The third-order valence-corrected chi connectivity index (χ3v) is 3.68. The second-order valence-electron chi connectivity index (χ2n) is 4.93. The second kappa shape index (κ2) is 6.52. The van der Waals surface area contributed by atoms with Gasteiger partial charge in [0.1, 0.15) is 0 Å². The first-order valence-electron chi connectivity index (χ1n) is 6.85. The number of rotatable bonds is 5. The Morgan fingerprint density at radius 3 is 2.70 bits per heavy atom. The molecule has 1 heterocycles. The van der Waals surface area contributed by atoms with Crippen LogP contribution in [0.1, 0.15) is 40.5 Å². The first kappa shape index (κ1) is 14.5. The quantitative estimate of drug-likeness (QED) is 0.862. The highest BCUT2D eigenvalue weighted by Crippen LogP contribution is 2.22. The van der Waals surface area contributed by atoms with Crippen LogP contribution in [0.4, 0.5) is 0 Å². The van der Waals surface area contributed by atoms with E-state index < -0.39 is 5.97 Å². The average Bonchev–Trinajstić information content (AvgIpc) is 2.92. The van der Waals surface area contributed by atoms with Crippen LogP contribution in [0.5, 0.6) is 0 Å². The van der Waals surface area contributed by atoms with Crippen molar-refractivity contribution in [2.75, 3.05) is 13.2 Å². The maximum absolute atomic E-state index is 12.1. The first-order chi connectivity index (χ1) is 9.63. The number of hydrogen-bond acceptors (Lipinski definition) is 3. The van der Waals surface area contributed by atoms with Crippen molar-refractivity contribution >= 4 is 11.9 Å². The Hall–Kier alpha value is -1.88. The number of hydrogen-bond donors (Lipinski definition) is 2. The largest absolute Gasteiger partial charge is 0.478 e. The molecule has 2 N–H and O–H groups in total. The summed E-state index contributed by atoms with van der Waals surface area (Å²) in [7, 11) is 0. The van der Waals surface area contributed by atoms with Crippen LogP contribution >= 0.6 is 0 Å². The molecule has 5 heteroatoms. The smallest absolute Gasteiger partial charge is 0.336 e. The van der Waals surface area contributed by atoms with E-state index in [1.165, 1.54) is 12.1 Å². The predicted molar refractivity (Wildman–Crippen MR) is 73.9 cm³/mol. The number of carboxylic acid groups (broad SMARTS) is 1. The molecule has 1 aliphatic heterocycles. The van der Waals surface area contributed by atoms with Crippen LogP contribution in [0.15, 0.2) is 24.3 Å². The maximum Gasteiger partial charge on any atom is 0.336 e. The normalized spacial score (nSPS) is 21.6. The summed E-state index contributed by atoms with van der Waals surface area (Å²) in [5, 5.41) is 11.9. The fourth-order valence-corrected chi connectivity index (χ4v) is 2.56. The van der Waals surface area contributed by atoms with E-state index in [9.17, 15) is 9.59 Å². The van der Waals surface area contributed by atoms with Crippen molar-refractivity contribution in [3.05, 3.63) is 35.4 Å². The number of ether oxygens (including phenoxy) is 1. The second-order valence-corrected chi connectivity index (χ2v) is 4.93. The zero-order chi connectivity index (χ0) is 14.5. The summed E-state index contributed by atoms with van der Waals surface area (Å²) < 4.78 is 5.57. The van der Waals surface area contributed by atoms with Crippen LogP contribution in [0.2, 0.25) is 0 Å². The zero-order valence-corrected chi connectivity index (χ0v) is 11.5. The summed E-state index contributed by atoms with van der Waals surface area (Å²) in [6.07, 6.45) is 2.04. The molecule has 2 atom stereocenters. The van der Waals surface area contributed by atoms with Gasteiger partial charge in [-0.15, -0.1) is 0 Å². The Morgan fingerprint density at radius 2 is 2.05 bits per heavy atom. The minimum Gasteiger partial charge on any atom is -0.478 e. The SMILES string of the molecule is CCC1OCCC1CNC(=O)c1ccccc1C(=O)O. The molecule has 20 heavy (non-hydrogen) atoms. The number of nitrogens with one attached hydrogen (secondary N) is 1. The van der Waals surface area contributed by atoms with Gasteiger partial charge in [0, 0.05) is 19.1 Å². The van der Waals surface area contributed by atoms with Crippen molar-refractivity contribution in [2.45, 2.75) is 25.9 Å². The van der Waals surface area contributed by atoms with Gasteiger partial charge in [-0.25, -0.2) is 4.79 Å². The van der Waals surface area contributed by atoms with Crippen molar-refractivity contribution in [3.63, 3.8) is 0 Å². The molecule has 0 aliphatic carbocycles. The number of carbonyl (C=O) groups is 2. The summed E-state index contributed by atoms with van der Waals surface area (Å²) in [5.74, 6) is -1.13. The van der Waals surface area contributed by atoms with Gasteiger partial charge in [-0.2, -0.15) is 0 Å². The summed E-state index contributed by atoms with van der Waals surface area (Å²) in [6, 6.07) is 6.24. The molecule has 0 aromatic heterocycles. The van der Waals surface area contributed by atoms with Crippen LogP contribution in [-0.4, -0.2) is 36.2 Å². The summed E-state index contributed by atoms with van der Waals surface area (Å²) in [5.41, 5.74) is 0.228. The lowest BCUT2D eigenvalue weighted by Crippen LogP contribution is -2.33. The fraction of sp³-hybridized carbons (Fsp3) is 0.467. The van der Waals surface area contributed by atoms with E-state index >= 15 is 0 Å². The molecule has 2 rings (SSSR count). The van der Waals surface area contributed by atoms with Crippen molar-refractivity contribution in [1.82, 2.24) is 5.32 Å². The van der Waals surface area contributed by atoms with Gasteiger partial charge < -0.3 is 15.2 Å². The van der Waals surface area contributed by atoms with Crippen LogP contribution in [-0.2, 0) is 4.74 Å². The molecule has 0 saturated carbocycles. The van der Waals surface area contributed by atoms with E-state index in [1.54, 1.807) is 12.1 Å². The van der Waals surface area contributed by atoms with Crippen molar-refractivity contribution in [1.29, 1.82) is 0 Å². The standard InChI is InChI=1S/C15H19NO4/c1-2-13-10(7-8-20-13)9-16-14(17)11-5-3-4-6-12(11)15(18)19/h3-6,10,13H,2,7-9H2,1H3,(H,16,17)(H,18,19). The van der Waals surface area contributed by atoms with Crippen LogP contribution in [0.3, 0.4) is 0 Å². The molecule has 1 aliphatic rings. The van der Waals surface area contributed by atoms with E-state index in [-0.39, 0.29) is 23.1 Å². The van der Waals surface area contributed by atoms with Gasteiger partial charge in [-0.1, -0.05) is 19.1 Å². The van der Waals surface area contributed by atoms with Gasteiger partial charge in [0.15, 0.2) is 0 Å². The van der Waals surface area contributed by atoms with Crippen LogP contribution < -0.4 is 5.32 Å². The predicted octanol–water partition coefficient (Wildman–Crippen LogP) is 1.93. The first-order valence-corrected chi connectivity index (χ1v) is 6.85. The lowest BCUT2D eigenvalue weighted by atomic mass is 9.99. The molecule has 1 saturated heterocycles. The highest BCUT2D eigenvalue weighted by atomic mass is 16.5. The molecule has 1 aromatic rings. The molecule has 1 fully saturated rings. The number of carbonyl (C=O) groups excluding carboxylic acids is 1. The van der Waals surface area contributed by atoms with E-state index in [4.69, 9.17) is 9.84 Å². The molecule has 0 spiro atoms. The molecule has 0 bridgehead atoms. The molecule has 0 radical (unpaired) electrons. The highest BCUT2D eigenvalue weighted by Gasteiger charge is 2.27. The summed E-state index contributed by atoms with van der Waals surface area (Å²) in [6.45, 7) is 3.31. The Bertz CT molecular complexity index is 500. The van der Waals surface area contributed by atoms with Gasteiger partial charge in [-0.3, -0.25) is 4.79 Å². The monoisotopic (exact) mass is 277 g/mol. The van der Waals surface area contributed by atoms with Crippen LogP contribution in [0, 0.1) is 5.92 Å². The number of carboxylic acids is 1. The van der Waals surface area contributed by atoms with Gasteiger partial charge >= 0.3 is 5.97 Å². The fourth-order valence-electron chi connectivity index (χ4n) is 2.56. The van der Waals surface area contributed by atoms with Gasteiger partial charge in [-0.05, 0) is 25.0 Å². The number of aromatic carboxylic acids is 1. The summed E-state index contributed by atoms with van der Waals surface area (Å²) in [4.78, 5) is 23.2. The Balaban J connectivity index is 2.00.